The third kappa shape index (κ3) is 5.59. The third-order valence-electron chi connectivity index (χ3n) is 3.47. The van der Waals surface area contributed by atoms with Crippen LogP contribution in [0.2, 0.25) is 0 Å². The van der Waals surface area contributed by atoms with Gasteiger partial charge in [-0.3, -0.25) is 4.79 Å². The number of hydrogen-bond acceptors (Lipinski definition) is 5. The lowest BCUT2D eigenvalue weighted by molar-refractivity contribution is -0.147. The first-order valence-corrected chi connectivity index (χ1v) is 8.08. The number of methoxy groups -OCH3 is 1. The highest BCUT2D eigenvalue weighted by molar-refractivity contribution is 9.10. The van der Waals surface area contributed by atoms with E-state index in [1.54, 1.807) is 6.92 Å². The summed E-state index contributed by atoms with van der Waals surface area (Å²) in [5, 5.41) is 2.49. The smallest absolute Gasteiger partial charge is 0.339 e. The normalized spacial score (nSPS) is 12.9. The molecule has 6 nitrogen and oxygen atoms in total. The molecule has 1 N–H and O–H groups in total. The van der Waals surface area contributed by atoms with Gasteiger partial charge in [0.1, 0.15) is 11.9 Å². The summed E-state index contributed by atoms with van der Waals surface area (Å²) in [4.78, 5) is 35.5. The highest BCUT2D eigenvalue weighted by Gasteiger charge is 2.27. The van der Waals surface area contributed by atoms with Gasteiger partial charge < -0.3 is 14.8 Å². The van der Waals surface area contributed by atoms with Crippen LogP contribution in [-0.4, -0.2) is 37.6 Å². The van der Waals surface area contributed by atoms with Crippen molar-refractivity contribution < 1.29 is 28.2 Å². The van der Waals surface area contributed by atoms with Gasteiger partial charge in [0.25, 0.3) is 5.91 Å². The van der Waals surface area contributed by atoms with Crippen LogP contribution in [0.4, 0.5) is 4.39 Å². The van der Waals surface area contributed by atoms with Gasteiger partial charge in [-0.2, -0.15) is 0 Å². The quantitative estimate of drug-likeness (QED) is 0.707. The van der Waals surface area contributed by atoms with E-state index < -0.39 is 36.3 Å². The first-order chi connectivity index (χ1) is 11.3. The molecule has 1 aromatic carbocycles. The summed E-state index contributed by atoms with van der Waals surface area (Å²) in [6.07, 6.45) is 0.655. The van der Waals surface area contributed by atoms with Crippen LogP contribution in [0, 0.1) is 11.7 Å². The van der Waals surface area contributed by atoms with Crippen molar-refractivity contribution in [2.24, 2.45) is 5.92 Å². The summed E-state index contributed by atoms with van der Waals surface area (Å²) >= 11 is 3.05. The summed E-state index contributed by atoms with van der Waals surface area (Å²) in [6, 6.07) is 2.66. The Morgan fingerprint density at radius 1 is 1.33 bits per heavy atom. The maximum atomic E-state index is 13.0. The van der Waals surface area contributed by atoms with Crippen LogP contribution in [0.5, 0.6) is 0 Å². The predicted octanol–water partition coefficient (Wildman–Crippen LogP) is 2.45. The molecule has 24 heavy (non-hydrogen) atoms. The number of benzene rings is 1. The summed E-state index contributed by atoms with van der Waals surface area (Å²) < 4.78 is 22.8. The number of ether oxygens (including phenoxy) is 2. The number of esters is 2. The minimum absolute atomic E-state index is 0.0932. The molecule has 0 unspecified atom stereocenters. The SMILES string of the molecule is CC[C@H](C)[C@@H](NC(=O)COC(=O)c1ccc(F)cc1Br)C(=O)OC. The number of amides is 1. The average molecular weight is 404 g/mol. The zero-order valence-electron chi connectivity index (χ0n) is 13.6. The Balaban J connectivity index is 2.64. The lowest BCUT2D eigenvalue weighted by Gasteiger charge is -2.21. The van der Waals surface area contributed by atoms with Gasteiger partial charge in [-0.1, -0.05) is 20.3 Å². The zero-order chi connectivity index (χ0) is 18.3. The Morgan fingerprint density at radius 3 is 2.54 bits per heavy atom. The van der Waals surface area contributed by atoms with E-state index in [9.17, 15) is 18.8 Å². The molecule has 0 saturated carbocycles. The van der Waals surface area contributed by atoms with Crippen LogP contribution in [0.15, 0.2) is 22.7 Å². The molecular weight excluding hydrogens is 385 g/mol. The molecule has 0 fully saturated rings. The van der Waals surface area contributed by atoms with Crippen LogP contribution >= 0.6 is 15.9 Å². The minimum atomic E-state index is -0.816. The van der Waals surface area contributed by atoms with Crippen molar-refractivity contribution in [1.82, 2.24) is 5.32 Å². The maximum absolute atomic E-state index is 13.0. The van der Waals surface area contributed by atoms with Gasteiger partial charge >= 0.3 is 11.9 Å². The van der Waals surface area contributed by atoms with Crippen LogP contribution < -0.4 is 5.32 Å². The molecule has 0 spiro atoms. The number of nitrogens with one attached hydrogen (secondary N) is 1. The number of hydrogen-bond donors (Lipinski definition) is 1. The Hall–Kier alpha value is -1.96. The highest BCUT2D eigenvalue weighted by Crippen LogP contribution is 2.18. The molecule has 2 atom stereocenters. The number of carbonyl (C=O) groups is 3. The fourth-order valence-corrected chi connectivity index (χ4v) is 2.39. The Morgan fingerprint density at radius 2 is 2.00 bits per heavy atom. The van der Waals surface area contributed by atoms with Crippen LogP contribution in [-0.2, 0) is 19.1 Å². The van der Waals surface area contributed by atoms with Crippen molar-refractivity contribution in [2.75, 3.05) is 13.7 Å². The van der Waals surface area contributed by atoms with E-state index in [1.165, 1.54) is 13.2 Å². The molecule has 1 aromatic rings. The van der Waals surface area contributed by atoms with Crippen molar-refractivity contribution in [1.29, 1.82) is 0 Å². The molecule has 0 aliphatic rings. The van der Waals surface area contributed by atoms with E-state index in [-0.39, 0.29) is 16.0 Å². The highest BCUT2D eigenvalue weighted by atomic mass is 79.9. The van der Waals surface area contributed by atoms with Crippen molar-refractivity contribution in [3.05, 3.63) is 34.1 Å². The van der Waals surface area contributed by atoms with Gasteiger partial charge in [-0.15, -0.1) is 0 Å². The van der Waals surface area contributed by atoms with Gasteiger partial charge in [-0.25, -0.2) is 14.0 Å². The molecule has 0 aromatic heterocycles. The van der Waals surface area contributed by atoms with E-state index in [0.717, 1.165) is 12.1 Å². The van der Waals surface area contributed by atoms with Crippen molar-refractivity contribution in [3.8, 4) is 0 Å². The van der Waals surface area contributed by atoms with E-state index in [1.807, 2.05) is 6.92 Å². The molecule has 0 bridgehead atoms. The van der Waals surface area contributed by atoms with Gasteiger partial charge in [0.15, 0.2) is 6.61 Å². The van der Waals surface area contributed by atoms with Crippen LogP contribution in [0.25, 0.3) is 0 Å². The fraction of sp³-hybridized carbons (Fsp3) is 0.438. The summed E-state index contributed by atoms with van der Waals surface area (Å²) in [5.41, 5.74) is 0.0932. The van der Waals surface area contributed by atoms with Crippen LogP contribution in [0.1, 0.15) is 30.6 Å². The molecule has 0 saturated heterocycles. The summed E-state index contributed by atoms with van der Waals surface area (Å²) in [5.74, 6) is -2.62. The Labute approximate surface area is 147 Å². The van der Waals surface area contributed by atoms with E-state index in [4.69, 9.17) is 4.74 Å². The zero-order valence-corrected chi connectivity index (χ0v) is 15.2. The van der Waals surface area contributed by atoms with Crippen molar-refractivity contribution in [3.63, 3.8) is 0 Å². The second-order valence-electron chi connectivity index (χ2n) is 5.15. The van der Waals surface area contributed by atoms with E-state index >= 15 is 0 Å². The molecule has 1 rings (SSSR count). The molecule has 0 heterocycles. The molecule has 8 heteroatoms. The molecular formula is C16H19BrFNO5. The topological polar surface area (TPSA) is 81.7 Å². The monoisotopic (exact) mass is 403 g/mol. The standard InChI is InChI=1S/C16H19BrFNO5/c1-4-9(2)14(16(22)23-3)19-13(20)8-24-15(21)11-6-5-10(18)7-12(11)17/h5-7,9,14H,4,8H2,1-3H3,(H,19,20)/t9-,14+/m0/s1. The first-order valence-electron chi connectivity index (χ1n) is 7.29. The summed E-state index contributed by atoms with van der Waals surface area (Å²) in [6.45, 7) is 3.11. The van der Waals surface area contributed by atoms with Gasteiger partial charge in [0.2, 0.25) is 0 Å². The number of halogens is 2. The third-order valence-corrected chi connectivity index (χ3v) is 4.13. The van der Waals surface area contributed by atoms with E-state index in [2.05, 4.69) is 26.0 Å². The number of carbonyl (C=O) groups excluding carboxylic acids is 3. The van der Waals surface area contributed by atoms with E-state index in [0.29, 0.717) is 6.42 Å². The summed E-state index contributed by atoms with van der Waals surface area (Å²) in [7, 11) is 1.23. The second kappa shape index (κ2) is 9.36. The first kappa shape index (κ1) is 20.1. The molecule has 0 radical (unpaired) electrons. The average Bonchev–Trinajstić information content (AvgIpc) is 2.56. The fourth-order valence-electron chi connectivity index (χ4n) is 1.88. The molecule has 132 valence electrons. The van der Waals surface area contributed by atoms with Crippen molar-refractivity contribution in [2.45, 2.75) is 26.3 Å². The lowest BCUT2D eigenvalue weighted by Crippen LogP contribution is -2.47. The maximum Gasteiger partial charge on any atom is 0.339 e. The minimum Gasteiger partial charge on any atom is -0.467 e. The molecule has 0 aliphatic heterocycles. The Kier molecular flexibility index (Phi) is 7.84. The predicted molar refractivity (Wildman–Crippen MR) is 87.8 cm³/mol. The largest absolute Gasteiger partial charge is 0.467 e. The second-order valence-corrected chi connectivity index (χ2v) is 6.01. The Bertz CT molecular complexity index is 622. The van der Waals surface area contributed by atoms with Crippen molar-refractivity contribution >= 4 is 33.8 Å². The van der Waals surface area contributed by atoms with Crippen LogP contribution in [0.3, 0.4) is 0 Å². The number of rotatable bonds is 7. The molecule has 1 amide bonds. The van der Waals surface area contributed by atoms with Gasteiger partial charge in [-0.05, 0) is 40.0 Å². The van der Waals surface area contributed by atoms with Gasteiger partial charge in [0.05, 0.1) is 12.7 Å². The van der Waals surface area contributed by atoms with Gasteiger partial charge in [0, 0.05) is 4.47 Å². The molecule has 0 aliphatic carbocycles. The lowest BCUT2D eigenvalue weighted by atomic mass is 9.99.